The molecule has 4 heterocycles. The molecule has 0 bridgehead atoms. The number of hydrogen-bond acceptors (Lipinski definition) is 12. The smallest absolute Gasteiger partial charge is 0.247 e. The molecule has 4 aliphatic heterocycles. The fourth-order valence-corrected chi connectivity index (χ4v) is 13.8. The van der Waals surface area contributed by atoms with Crippen molar-refractivity contribution in [2.75, 3.05) is 33.9 Å². The van der Waals surface area contributed by atoms with E-state index in [1.54, 1.807) is 23.9 Å². The minimum absolute atomic E-state index is 0.0706. The molecule has 452 valence electrons. The highest BCUT2D eigenvalue weighted by atomic mass is 16.3. The molecule has 1 aliphatic carbocycles. The second-order valence-electron chi connectivity index (χ2n) is 23.9. The number of nitrogens with one attached hydrogen (secondary N) is 7. The Labute approximate surface area is 485 Å². The van der Waals surface area contributed by atoms with Gasteiger partial charge in [-0.3, -0.25) is 38.4 Å². The van der Waals surface area contributed by atoms with E-state index in [0.717, 1.165) is 38.5 Å². The standard InChI is InChI=1S/C63H95N9O10/c1-5-48(64-3)57(76)69-55-44(38-73)29-31-46-33-35-50(71(46)62(55)81)59(78)67-53(42-20-11-8-12-21-42)52(75)24-15-7-10-18-40-25-27-41(28-26-40)19-16-17-37-66-61(80)54(43-22-13-9-14-23-43)68-60(79)51-36-34-47-32-30-45(39-74)56(63(82)72(47)51)70-58(77)49(6-2)65-4/h8-9,11-14,20-23,40-41,44-51,53-56,64-65,73-74H,5-7,10,15-19,24-39H2,1-4H3,(H,66,80)(H,67,78)(H,68,79)(H,69,76)(H,70,77)/t40?,41?,44-,45-,46+,47+,48+,49+,50+,51+,53+,54+,55+,56+/m1/s1. The van der Waals surface area contributed by atoms with Crippen LogP contribution < -0.4 is 37.2 Å². The highest BCUT2D eigenvalue weighted by Crippen LogP contribution is 2.38. The topological polar surface area (TPSA) is 268 Å². The maximum atomic E-state index is 14.2. The molecule has 7 amide bonds. The van der Waals surface area contributed by atoms with Gasteiger partial charge in [-0.15, -0.1) is 0 Å². The third-order valence-electron chi connectivity index (χ3n) is 18.8. The van der Waals surface area contributed by atoms with Gasteiger partial charge in [-0.2, -0.15) is 0 Å². The molecule has 5 aliphatic rings. The van der Waals surface area contributed by atoms with Crippen LogP contribution in [0.5, 0.6) is 0 Å². The van der Waals surface area contributed by atoms with Crippen molar-refractivity contribution in [3.8, 4) is 0 Å². The summed E-state index contributed by atoms with van der Waals surface area (Å²) in [7, 11) is 3.37. The van der Waals surface area contributed by atoms with Crippen molar-refractivity contribution in [3.63, 3.8) is 0 Å². The van der Waals surface area contributed by atoms with E-state index in [0.29, 0.717) is 107 Å². The van der Waals surface area contributed by atoms with Crippen LogP contribution in [-0.2, 0) is 38.4 Å². The van der Waals surface area contributed by atoms with Gasteiger partial charge in [0.2, 0.25) is 41.4 Å². The SMILES string of the molecule is CC[C@H](NC)C(=O)N[C@@H]1C(=O)N2[C@@H](CC[C@@H]1CO)CC[C@H]2C(=O)N[C@H](C(=O)CCCCCC1CCC(CCCCNC(=O)[C@@H](NC(=O)[C@@H]2CC[C@@H]3CC[C@H](CO)[C@H](NC(=O)[C@H](CC)NC)C(=O)N32)c2ccccc2)CC1)c1ccccc1. The Bertz CT molecular complexity index is 2250. The maximum Gasteiger partial charge on any atom is 0.247 e. The zero-order valence-electron chi connectivity index (χ0n) is 49.1. The predicted molar refractivity (Wildman–Crippen MR) is 312 cm³/mol. The minimum Gasteiger partial charge on any atom is -0.396 e. The molecule has 0 spiro atoms. The number of carbonyl (C=O) groups is 8. The number of likely N-dealkylation sites (N-methyl/N-ethyl adjacent to an activating group) is 2. The third-order valence-corrected chi connectivity index (χ3v) is 18.8. The lowest BCUT2D eigenvalue weighted by molar-refractivity contribution is -0.144. The number of fused-ring (bicyclic) bond motifs is 2. The second-order valence-corrected chi connectivity index (χ2v) is 23.9. The zero-order chi connectivity index (χ0) is 58.7. The van der Waals surface area contributed by atoms with E-state index in [2.05, 4.69) is 37.2 Å². The van der Waals surface area contributed by atoms with Crippen LogP contribution in [0.25, 0.3) is 0 Å². The highest BCUT2D eigenvalue weighted by Gasteiger charge is 2.50. The van der Waals surface area contributed by atoms with Gasteiger partial charge < -0.3 is 57.2 Å². The number of carbonyl (C=O) groups excluding carboxylic acids is 8. The van der Waals surface area contributed by atoms with Crippen LogP contribution in [0.3, 0.4) is 0 Å². The van der Waals surface area contributed by atoms with Gasteiger partial charge in [0, 0.05) is 50.1 Å². The van der Waals surface area contributed by atoms with E-state index in [9.17, 15) is 48.6 Å². The predicted octanol–water partition coefficient (Wildman–Crippen LogP) is 4.80. The molecule has 0 aromatic heterocycles. The van der Waals surface area contributed by atoms with E-state index in [-0.39, 0.29) is 66.5 Å². The summed E-state index contributed by atoms with van der Waals surface area (Å²) in [6.07, 6.45) is 17.0. The van der Waals surface area contributed by atoms with Crippen molar-refractivity contribution in [2.24, 2.45) is 23.7 Å². The summed E-state index contributed by atoms with van der Waals surface area (Å²) in [6.45, 7) is 3.68. The van der Waals surface area contributed by atoms with Crippen LogP contribution in [0.1, 0.15) is 178 Å². The molecule has 12 atom stereocenters. The van der Waals surface area contributed by atoms with Gasteiger partial charge in [0.1, 0.15) is 36.3 Å². The van der Waals surface area contributed by atoms with Crippen LogP contribution in [0.15, 0.2) is 60.7 Å². The summed E-state index contributed by atoms with van der Waals surface area (Å²) in [5.41, 5.74) is 1.33. The van der Waals surface area contributed by atoms with E-state index in [1.807, 2.05) is 74.5 Å². The average Bonchev–Trinajstić information content (AvgIpc) is 3.90. The molecule has 9 N–H and O–H groups in total. The number of unbranched alkanes of at least 4 members (excludes halogenated alkanes) is 3. The first-order valence-corrected chi connectivity index (χ1v) is 31.1. The van der Waals surface area contributed by atoms with Crippen molar-refractivity contribution in [3.05, 3.63) is 71.8 Å². The number of rotatable bonds is 29. The Morgan fingerprint density at radius 2 is 0.951 bits per heavy atom. The lowest BCUT2D eigenvalue weighted by atomic mass is 9.78. The van der Waals surface area contributed by atoms with Crippen LogP contribution >= 0.6 is 0 Å². The normalized spacial score (nSPS) is 26.9. The highest BCUT2D eigenvalue weighted by molar-refractivity contribution is 5.97. The zero-order valence-corrected chi connectivity index (χ0v) is 49.1. The van der Waals surface area contributed by atoms with E-state index >= 15 is 0 Å². The molecular weight excluding hydrogens is 1040 g/mol. The van der Waals surface area contributed by atoms with Crippen LogP contribution in [0.2, 0.25) is 0 Å². The molecule has 82 heavy (non-hydrogen) atoms. The molecule has 2 aromatic rings. The van der Waals surface area contributed by atoms with Gasteiger partial charge in [0.15, 0.2) is 5.78 Å². The molecule has 7 rings (SSSR count). The summed E-state index contributed by atoms with van der Waals surface area (Å²) in [5.74, 6) is -2.26. The monoisotopic (exact) mass is 1140 g/mol. The Kier molecular flexibility index (Phi) is 24.7. The number of benzene rings is 2. The largest absolute Gasteiger partial charge is 0.396 e. The van der Waals surface area contributed by atoms with Gasteiger partial charge in [0.05, 0.1) is 12.1 Å². The Hall–Kier alpha value is -5.76. The van der Waals surface area contributed by atoms with Crippen LogP contribution in [0, 0.1) is 23.7 Å². The molecule has 19 nitrogen and oxygen atoms in total. The number of amides is 7. The fourth-order valence-electron chi connectivity index (χ4n) is 13.8. The molecule has 4 saturated heterocycles. The Morgan fingerprint density at radius 3 is 1.39 bits per heavy atom. The van der Waals surface area contributed by atoms with E-state index in [4.69, 9.17) is 0 Å². The molecular formula is C63H95N9O10. The average molecular weight is 1140 g/mol. The summed E-state index contributed by atoms with van der Waals surface area (Å²) in [4.78, 5) is 114. The third kappa shape index (κ3) is 16.3. The number of Topliss-reactive ketones (excluding diaryl/α,β-unsaturated/α-hetero) is 1. The molecule has 1 saturated carbocycles. The van der Waals surface area contributed by atoms with Gasteiger partial charge in [0.25, 0.3) is 0 Å². The second kappa shape index (κ2) is 31.8. The summed E-state index contributed by atoms with van der Waals surface area (Å²) >= 11 is 0. The first-order chi connectivity index (χ1) is 39.7. The summed E-state index contributed by atoms with van der Waals surface area (Å²) < 4.78 is 0. The maximum absolute atomic E-state index is 14.2. The van der Waals surface area contributed by atoms with Gasteiger partial charge >= 0.3 is 0 Å². The molecule has 2 aromatic carbocycles. The van der Waals surface area contributed by atoms with Crippen molar-refractivity contribution in [1.82, 2.24) is 47.0 Å². The summed E-state index contributed by atoms with van der Waals surface area (Å²) in [6, 6.07) is 11.6. The molecule has 0 radical (unpaired) electrons. The number of aliphatic hydroxyl groups is 2. The van der Waals surface area contributed by atoms with Crippen molar-refractivity contribution in [2.45, 2.75) is 216 Å². The van der Waals surface area contributed by atoms with Crippen molar-refractivity contribution >= 4 is 47.1 Å². The van der Waals surface area contributed by atoms with Gasteiger partial charge in [-0.1, -0.05) is 132 Å². The number of aliphatic hydroxyl groups excluding tert-OH is 2. The van der Waals surface area contributed by atoms with Gasteiger partial charge in [-0.05, 0) is 114 Å². The first kappa shape index (κ1) is 63.8. The Balaban J connectivity index is 0.821. The number of hydrogen-bond donors (Lipinski definition) is 9. The molecule has 5 fully saturated rings. The van der Waals surface area contributed by atoms with Crippen LogP contribution in [-0.4, -0.2) is 149 Å². The van der Waals surface area contributed by atoms with E-state index < -0.39 is 66.1 Å². The van der Waals surface area contributed by atoms with Crippen LogP contribution in [0.4, 0.5) is 0 Å². The number of ketones is 1. The lowest BCUT2D eigenvalue weighted by Crippen LogP contribution is -2.59. The van der Waals surface area contributed by atoms with Gasteiger partial charge in [-0.25, -0.2) is 0 Å². The molecule has 19 heteroatoms. The molecule has 0 unspecified atom stereocenters. The first-order valence-electron chi connectivity index (χ1n) is 31.1. The number of nitrogens with zero attached hydrogens (tertiary/aromatic N) is 2. The van der Waals surface area contributed by atoms with E-state index in [1.165, 1.54) is 25.7 Å². The Morgan fingerprint density at radius 1 is 0.524 bits per heavy atom. The lowest BCUT2D eigenvalue weighted by Gasteiger charge is -2.33. The fraction of sp³-hybridized carbons (Fsp3) is 0.683. The minimum atomic E-state index is -0.970. The summed E-state index contributed by atoms with van der Waals surface area (Å²) in [5, 5.41) is 41.4. The quantitative estimate of drug-likeness (QED) is 0.0498. The van der Waals surface area contributed by atoms with Crippen molar-refractivity contribution in [1.29, 1.82) is 0 Å². The van der Waals surface area contributed by atoms with Crippen molar-refractivity contribution < 1.29 is 48.6 Å².